The van der Waals surface area contributed by atoms with Crippen LogP contribution in [-0.4, -0.2) is 29.2 Å². The quantitative estimate of drug-likeness (QED) is 0.380. The average molecular weight is 430 g/mol. The predicted molar refractivity (Wildman–Crippen MR) is 125 cm³/mol. The second-order valence-electron chi connectivity index (χ2n) is 7.55. The molecule has 4 aromatic rings. The van der Waals surface area contributed by atoms with E-state index >= 15 is 0 Å². The summed E-state index contributed by atoms with van der Waals surface area (Å²) in [6.45, 7) is 3.29. The van der Waals surface area contributed by atoms with Gasteiger partial charge < -0.3 is 19.4 Å². The van der Waals surface area contributed by atoms with Crippen molar-refractivity contribution in [2.45, 2.75) is 25.9 Å². The van der Waals surface area contributed by atoms with Gasteiger partial charge in [0.1, 0.15) is 17.3 Å². The Kier molecular flexibility index (Phi) is 6.70. The molecule has 164 valence electrons. The Morgan fingerprint density at radius 3 is 2.56 bits per heavy atom. The highest BCUT2D eigenvalue weighted by atomic mass is 16.5. The average Bonchev–Trinajstić information content (AvgIpc) is 3.21. The predicted octanol–water partition coefficient (Wildman–Crippen LogP) is 5.01. The highest BCUT2D eigenvalue weighted by molar-refractivity contribution is 5.94. The standard InChI is InChI=1S/C26H27N3O3/c1-19(27-26(30)20-10-8-13-22(18-20)31-2)25-28-23-14-6-7-15-24(23)29(25)16-9-17-32-21-11-4-3-5-12-21/h3-8,10-15,18-19H,9,16-17H2,1-2H3,(H,27,30). The molecule has 6 nitrogen and oxygen atoms in total. The van der Waals surface area contributed by atoms with Crippen molar-refractivity contribution in [2.75, 3.05) is 13.7 Å². The van der Waals surface area contributed by atoms with Crippen LogP contribution < -0.4 is 14.8 Å². The van der Waals surface area contributed by atoms with Crippen LogP contribution in [0.2, 0.25) is 0 Å². The molecule has 0 aliphatic heterocycles. The number of aryl methyl sites for hydroxylation is 1. The zero-order chi connectivity index (χ0) is 22.3. The van der Waals surface area contributed by atoms with E-state index in [-0.39, 0.29) is 11.9 Å². The number of nitrogens with zero attached hydrogens (tertiary/aromatic N) is 2. The van der Waals surface area contributed by atoms with E-state index in [9.17, 15) is 4.79 Å². The van der Waals surface area contributed by atoms with Gasteiger partial charge in [-0.25, -0.2) is 4.98 Å². The Morgan fingerprint density at radius 1 is 1.00 bits per heavy atom. The highest BCUT2D eigenvalue weighted by Crippen LogP contribution is 2.22. The van der Waals surface area contributed by atoms with Crippen LogP contribution in [0.1, 0.15) is 35.6 Å². The second-order valence-corrected chi connectivity index (χ2v) is 7.55. The molecule has 3 aromatic carbocycles. The molecule has 1 unspecified atom stereocenters. The number of amides is 1. The summed E-state index contributed by atoms with van der Waals surface area (Å²) < 4.78 is 13.2. The topological polar surface area (TPSA) is 65.4 Å². The van der Waals surface area contributed by atoms with Crippen molar-refractivity contribution in [2.24, 2.45) is 0 Å². The molecule has 1 N–H and O–H groups in total. The van der Waals surface area contributed by atoms with Crippen molar-refractivity contribution in [3.05, 3.63) is 90.3 Å². The molecule has 0 radical (unpaired) electrons. The Bertz CT molecular complexity index is 1190. The minimum Gasteiger partial charge on any atom is -0.497 e. The number of carbonyl (C=O) groups is 1. The van der Waals surface area contributed by atoms with E-state index in [1.807, 2.05) is 61.5 Å². The molecular weight excluding hydrogens is 402 g/mol. The zero-order valence-electron chi connectivity index (χ0n) is 18.3. The smallest absolute Gasteiger partial charge is 0.251 e. The molecule has 1 atom stereocenters. The van der Waals surface area contributed by atoms with Crippen molar-refractivity contribution in [3.63, 3.8) is 0 Å². The molecule has 4 rings (SSSR count). The van der Waals surface area contributed by atoms with Gasteiger partial charge in [0.2, 0.25) is 0 Å². The molecular formula is C26H27N3O3. The summed E-state index contributed by atoms with van der Waals surface area (Å²) in [7, 11) is 1.59. The lowest BCUT2D eigenvalue weighted by molar-refractivity contribution is 0.0937. The van der Waals surface area contributed by atoms with Crippen LogP contribution >= 0.6 is 0 Å². The van der Waals surface area contributed by atoms with Crippen LogP contribution in [0.4, 0.5) is 0 Å². The van der Waals surface area contributed by atoms with E-state index < -0.39 is 0 Å². The molecule has 0 fully saturated rings. The minimum absolute atomic E-state index is 0.164. The normalized spacial score (nSPS) is 11.8. The lowest BCUT2D eigenvalue weighted by Crippen LogP contribution is -2.29. The van der Waals surface area contributed by atoms with Crippen LogP contribution in [0.15, 0.2) is 78.9 Å². The summed E-state index contributed by atoms with van der Waals surface area (Å²) in [6, 6.07) is 24.7. The van der Waals surface area contributed by atoms with E-state index in [0.29, 0.717) is 17.9 Å². The van der Waals surface area contributed by atoms with Crippen molar-refractivity contribution < 1.29 is 14.3 Å². The summed E-state index contributed by atoms with van der Waals surface area (Å²) in [4.78, 5) is 17.6. The van der Waals surface area contributed by atoms with E-state index in [1.54, 1.807) is 25.3 Å². The van der Waals surface area contributed by atoms with E-state index in [2.05, 4.69) is 16.0 Å². The monoisotopic (exact) mass is 429 g/mol. The summed E-state index contributed by atoms with van der Waals surface area (Å²) in [5.74, 6) is 2.17. The molecule has 1 heterocycles. The van der Waals surface area contributed by atoms with Crippen LogP contribution in [0.5, 0.6) is 11.5 Å². The fourth-order valence-corrected chi connectivity index (χ4v) is 3.70. The number of fused-ring (bicyclic) bond motifs is 1. The number of ether oxygens (including phenoxy) is 2. The molecule has 0 aliphatic carbocycles. The maximum Gasteiger partial charge on any atom is 0.251 e. The number of nitrogens with one attached hydrogen (secondary N) is 1. The van der Waals surface area contributed by atoms with E-state index in [4.69, 9.17) is 14.5 Å². The summed E-state index contributed by atoms with van der Waals surface area (Å²) in [6.07, 6.45) is 0.818. The Balaban J connectivity index is 1.49. The second kappa shape index (κ2) is 10.0. The third-order valence-corrected chi connectivity index (χ3v) is 5.29. The maximum absolute atomic E-state index is 12.8. The number of carbonyl (C=O) groups excluding carboxylic acids is 1. The first-order valence-corrected chi connectivity index (χ1v) is 10.7. The Labute approximate surface area is 187 Å². The van der Waals surface area contributed by atoms with E-state index in [1.165, 1.54) is 0 Å². The number of hydrogen-bond donors (Lipinski definition) is 1. The molecule has 1 amide bonds. The highest BCUT2D eigenvalue weighted by Gasteiger charge is 2.19. The SMILES string of the molecule is COc1cccc(C(=O)NC(C)c2nc3ccccc3n2CCCOc2ccccc2)c1. The van der Waals surface area contributed by atoms with Crippen molar-refractivity contribution in [3.8, 4) is 11.5 Å². The first-order valence-electron chi connectivity index (χ1n) is 10.7. The van der Waals surface area contributed by atoms with Gasteiger partial charge in [-0.1, -0.05) is 36.4 Å². The first-order chi connectivity index (χ1) is 15.7. The van der Waals surface area contributed by atoms with Gasteiger partial charge in [0, 0.05) is 12.1 Å². The van der Waals surface area contributed by atoms with Gasteiger partial charge in [-0.2, -0.15) is 0 Å². The van der Waals surface area contributed by atoms with Gasteiger partial charge in [-0.15, -0.1) is 0 Å². The zero-order valence-corrected chi connectivity index (χ0v) is 18.3. The van der Waals surface area contributed by atoms with Gasteiger partial charge in [0.05, 0.1) is 30.8 Å². The first kappa shape index (κ1) is 21.4. The Morgan fingerprint density at radius 2 is 1.75 bits per heavy atom. The van der Waals surface area contributed by atoms with Gasteiger partial charge >= 0.3 is 0 Å². The molecule has 0 bridgehead atoms. The summed E-state index contributed by atoms with van der Waals surface area (Å²) >= 11 is 0. The number of imidazole rings is 1. The van der Waals surface area contributed by atoms with Crippen molar-refractivity contribution in [1.29, 1.82) is 0 Å². The van der Waals surface area contributed by atoms with E-state index in [0.717, 1.165) is 35.6 Å². The molecule has 0 saturated heterocycles. The number of para-hydroxylation sites is 3. The Hall–Kier alpha value is -3.80. The van der Waals surface area contributed by atoms with Crippen LogP contribution in [0.25, 0.3) is 11.0 Å². The molecule has 0 aliphatic rings. The summed E-state index contributed by atoms with van der Waals surface area (Å²) in [5, 5.41) is 3.07. The fourth-order valence-electron chi connectivity index (χ4n) is 3.70. The lowest BCUT2D eigenvalue weighted by Gasteiger charge is -2.17. The number of hydrogen-bond acceptors (Lipinski definition) is 4. The number of methoxy groups -OCH3 is 1. The largest absolute Gasteiger partial charge is 0.497 e. The van der Waals surface area contributed by atoms with Gasteiger partial charge in [-0.05, 0) is 55.8 Å². The van der Waals surface area contributed by atoms with Gasteiger partial charge in [0.25, 0.3) is 5.91 Å². The molecule has 6 heteroatoms. The van der Waals surface area contributed by atoms with Crippen molar-refractivity contribution in [1.82, 2.24) is 14.9 Å². The third kappa shape index (κ3) is 4.91. The molecule has 0 saturated carbocycles. The van der Waals surface area contributed by atoms with Crippen LogP contribution in [-0.2, 0) is 6.54 Å². The van der Waals surface area contributed by atoms with Crippen LogP contribution in [0, 0.1) is 0 Å². The number of benzene rings is 3. The third-order valence-electron chi connectivity index (χ3n) is 5.29. The maximum atomic E-state index is 12.8. The minimum atomic E-state index is -0.267. The fraction of sp³-hybridized carbons (Fsp3) is 0.231. The lowest BCUT2D eigenvalue weighted by atomic mass is 10.2. The molecule has 32 heavy (non-hydrogen) atoms. The van der Waals surface area contributed by atoms with Crippen molar-refractivity contribution >= 4 is 16.9 Å². The van der Waals surface area contributed by atoms with Gasteiger partial charge in [-0.3, -0.25) is 4.79 Å². The van der Waals surface area contributed by atoms with Crippen LogP contribution in [0.3, 0.4) is 0 Å². The number of rotatable bonds is 9. The summed E-state index contributed by atoms with van der Waals surface area (Å²) in [5.41, 5.74) is 2.51. The van der Waals surface area contributed by atoms with Gasteiger partial charge in [0.15, 0.2) is 0 Å². The molecule has 0 spiro atoms. The molecule has 1 aromatic heterocycles. The number of aromatic nitrogens is 2.